The lowest BCUT2D eigenvalue weighted by atomic mass is 9.78. The van der Waals surface area contributed by atoms with E-state index in [0.717, 1.165) is 25.7 Å². The lowest BCUT2D eigenvalue weighted by Crippen LogP contribution is -2.12. The molecule has 0 bridgehead atoms. The maximum absolute atomic E-state index is 13.0. The van der Waals surface area contributed by atoms with Crippen LogP contribution >= 0.6 is 0 Å². The van der Waals surface area contributed by atoms with Crippen LogP contribution < -0.4 is 0 Å². The number of halogens is 1. The van der Waals surface area contributed by atoms with Crippen molar-refractivity contribution >= 4 is 0 Å². The summed E-state index contributed by atoms with van der Waals surface area (Å²) in [6.07, 6.45) is 10.7. The van der Waals surface area contributed by atoms with Gasteiger partial charge in [-0.15, -0.1) is 0 Å². The first-order valence-corrected chi connectivity index (χ1v) is 8.59. The summed E-state index contributed by atoms with van der Waals surface area (Å²) < 4.78 is 13.0. The number of benzene rings is 1. The second-order valence-electron chi connectivity index (χ2n) is 6.44. The maximum atomic E-state index is 13.0. The van der Waals surface area contributed by atoms with Crippen LogP contribution in [0, 0.1) is 17.2 Å². The highest BCUT2D eigenvalue weighted by Crippen LogP contribution is 2.36. The first-order valence-electron chi connectivity index (χ1n) is 8.59. The first-order chi connectivity index (χ1) is 10.7. The molecule has 22 heavy (non-hydrogen) atoms. The molecule has 118 valence electrons. The van der Waals surface area contributed by atoms with E-state index < -0.39 is 5.83 Å². The van der Waals surface area contributed by atoms with Gasteiger partial charge < -0.3 is 0 Å². The van der Waals surface area contributed by atoms with Gasteiger partial charge in [0.15, 0.2) is 5.83 Å². The molecule has 2 heteroatoms. The van der Waals surface area contributed by atoms with Crippen molar-refractivity contribution in [2.45, 2.75) is 64.2 Å². The van der Waals surface area contributed by atoms with Gasteiger partial charge in [0.2, 0.25) is 0 Å². The van der Waals surface area contributed by atoms with Gasteiger partial charge in [0.05, 0.1) is 0 Å². The van der Waals surface area contributed by atoms with Crippen molar-refractivity contribution in [2.24, 2.45) is 5.92 Å². The SMILES string of the molecule is CCCCCc1ccc(C2CCC(C=C(F)C#N)CC2)cc1. The van der Waals surface area contributed by atoms with Crippen molar-refractivity contribution in [3.05, 3.63) is 47.3 Å². The van der Waals surface area contributed by atoms with Crippen molar-refractivity contribution in [1.29, 1.82) is 5.26 Å². The molecule has 1 aromatic rings. The summed E-state index contributed by atoms with van der Waals surface area (Å²) in [6.45, 7) is 2.23. The van der Waals surface area contributed by atoms with E-state index in [9.17, 15) is 4.39 Å². The highest BCUT2D eigenvalue weighted by molar-refractivity contribution is 5.26. The smallest absolute Gasteiger partial charge is 0.195 e. The topological polar surface area (TPSA) is 23.8 Å². The molecular formula is C20H26FN. The van der Waals surface area contributed by atoms with Crippen molar-refractivity contribution in [3.63, 3.8) is 0 Å². The Morgan fingerprint density at radius 3 is 2.45 bits per heavy atom. The Balaban J connectivity index is 1.85. The van der Waals surface area contributed by atoms with E-state index in [2.05, 4.69) is 31.2 Å². The minimum absolute atomic E-state index is 0.240. The molecule has 0 spiro atoms. The molecule has 1 aliphatic rings. The zero-order valence-corrected chi connectivity index (χ0v) is 13.5. The molecule has 0 atom stereocenters. The van der Waals surface area contributed by atoms with Crippen LogP contribution in [-0.4, -0.2) is 0 Å². The molecule has 0 unspecified atom stereocenters. The van der Waals surface area contributed by atoms with E-state index in [0.29, 0.717) is 5.92 Å². The number of hydrogen-bond acceptors (Lipinski definition) is 1. The van der Waals surface area contributed by atoms with Gasteiger partial charge in [-0.1, -0.05) is 44.0 Å². The van der Waals surface area contributed by atoms with Crippen LogP contribution in [0.5, 0.6) is 0 Å². The van der Waals surface area contributed by atoms with Gasteiger partial charge in [-0.25, -0.2) is 0 Å². The molecule has 1 aromatic carbocycles. The van der Waals surface area contributed by atoms with Crippen LogP contribution in [0.1, 0.15) is 68.9 Å². The largest absolute Gasteiger partial charge is 0.196 e. The Morgan fingerprint density at radius 2 is 1.86 bits per heavy atom. The second kappa shape index (κ2) is 8.73. The van der Waals surface area contributed by atoms with E-state index in [1.54, 1.807) is 6.07 Å². The Hall–Kier alpha value is -1.62. The molecule has 1 fully saturated rings. The van der Waals surface area contributed by atoms with Gasteiger partial charge in [-0.2, -0.15) is 9.65 Å². The number of unbranched alkanes of at least 4 members (excludes halogenated alkanes) is 2. The van der Waals surface area contributed by atoms with Gasteiger partial charge >= 0.3 is 0 Å². The number of allylic oxidation sites excluding steroid dienone is 2. The molecule has 1 saturated carbocycles. The van der Waals surface area contributed by atoms with Crippen LogP contribution in [0.2, 0.25) is 0 Å². The van der Waals surface area contributed by atoms with E-state index in [1.165, 1.54) is 42.9 Å². The van der Waals surface area contributed by atoms with E-state index in [1.807, 2.05) is 0 Å². The number of nitriles is 1. The first kappa shape index (κ1) is 16.7. The number of nitrogens with zero attached hydrogens (tertiary/aromatic N) is 1. The summed E-state index contributed by atoms with van der Waals surface area (Å²) in [5.74, 6) is 0.212. The summed E-state index contributed by atoms with van der Waals surface area (Å²) >= 11 is 0. The molecule has 0 N–H and O–H groups in total. The Morgan fingerprint density at radius 1 is 1.18 bits per heavy atom. The van der Waals surface area contributed by atoms with Gasteiger partial charge in [-0.3, -0.25) is 0 Å². The zero-order valence-electron chi connectivity index (χ0n) is 13.5. The Bertz CT molecular complexity index is 516. The van der Waals surface area contributed by atoms with Crippen LogP contribution in [0.3, 0.4) is 0 Å². The fourth-order valence-corrected chi connectivity index (χ4v) is 3.40. The quantitative estimate of drug-likeness (QED) is 0.462. The van der Waals surface area contributed by atoms with Crippen molar-refractivity contribution in [2.75, 3.05) is 0 Å². The summed E-state index contributed by atoms with van der Waals surface area (Å²) in [7, 11) is 0. The van der Waals surface area contributed by atoms with E-state index >= 15 is 0 Å². The van der Waals surface area contributed by atoms with Crippen LogP contribution in [0.15, 0.2) is 36.2 Å². The molecule has 1 nitrogen and oxygen atoms in total. The van der Waals surface area contributed by atoms with Gasteiger partial charge in [0.25, 0.3) is 0 Å². The predicted molar refractivity (Wildman–Crippen MR) is 89.2 cm³/mol. The molecule has 0 saturated heterocycles. The molecule has 0 aliphatic heterocycles. The number of hydrogen-bond donors (Lipinski definition) is 0. The highest BCUT2D eigenvalue weighted by Gasteiger charge is 2.21. The van der Waals surface area contributed by atoms with Crippen LogP contribution in [0.4, 0.5) is 4.39 Å². The minimum Gasteiger partial charge on any atom is -0.195 e. The summed E-state index contributed by atoms with van der Waals surface area (Å²) in [6, 6.07) is 10.7. The van der Waals surface area contributed by atoms with Crippen LogP contribution in [0.25, 0.3) is 0 Å². The van der Waals surface area contributed by atoms with Crippen molar-refractivity contribution in [1.82, 2.24) is 0 Å². The van der Waals surface area contributed by atoms with Crippen molar-refractivity contribution < 1.29 is 4.39 Å². The molecule has 0 radical (unpaired) electrons. The Labute approximate surface area is 133 Å². The predicted octanol–water partition coefficient (Wildman–Crippen LogP) is 6.07. The fraction of sp³-hybridized carbons (Fsp3) is 0.550. The summed E-state index contributed by atoms with van der Waals surface area (Å²) in [5, 5.41) is 8.51. The molecular weight excluding hydrogens is 273 g/mol. The lowest BCUT2D eigenvalue weighted by Gasteiger charge is -2.27. The average Bonchev–Trinajstić information content (AvgIpc) is 2.56. The van der Waals surface area contributed by atoms with E-state index in [-0.39, 0.29) is 5.92 Å². The maximum Gasteiger partial charge on any atom is 0.196 e. The van der Waals surface area contributed by atoms with E-state index in [4.69, 9.17) is 5.26 Å². The number of rotatable bonds is 6. The third-order valence-electron chi connectivity index (χ3n) is 4.78. The van der Waals surface area contributed by atoms with Gasteiger partial charge in [0.1, 0.15) is 6.07 Å². The van der Waals surface area contributed by atoms with Crippen LogP contribution in [-0.2, 0) is 6.42 Å². The van der Waals surface area contributed by atoms with Gasteiger partial charge in [-0.05, 0) is 67.6 Å². The fourth-order valence-electron chi connectivity index (χ4n) is 3.40. The molecule has 0 heterocycles. The molecule has 0 aromatic heterocycles. The van der Waals surface area contributed by atoms with Gasteiger partial charge in [0, 0.05) is 0 Å². The molecule has 0 amide bonds. The summed E-state index contributed by atoms with van der Waals surface area (Å²) in [4.78, 5) is 0. The minimum atomic E-state index is -0.625. The lowest BCUT2D eigenvalue weighted by molar-refractivity contribution is 0.372. The third-order valence-corrected chi connectivity index (χ3v) is 4.78. The molecule has 2 rings (SSSR count). The average molecular weight is 299 g/mol. The third kappa shape index (κ3) is 4.98. The summed E-state index contributed by atoms with van der Waals surface area (Å²) in [5.41, 5.74) is 2.85. The monoisotopic (exact) mass is 299 g/mol. The highest BCUT2D eigenvalue weighted by atomic mass is 19.1. The number of aryl methyl sites for hydroxylation is 1. The molecule has 1 aliphatic carbocycles. The standard InChI is InChI=1S/C20H26FN/c1-2-3-4-5-16-6-10-18(11-7-16)19-12-8-17(9-13-19)14-20(21)15-22/h6-7,10-11,14,17,19H,2-5,8-9,12-13H2,1H3. The van der Waals surface area contributed by atoms with Crippen molar-refractivity contribution in [3.8, 4) is 6.07 Å². The normalized spacial score (nSPS) is 22.3. The second-order valence-corrected chi connectivity index (χ2v) is 6.44. The zero-order chi connectivity index (χ0) is 15.8. The Kier molecular flexibility index (Phi) is 6.65.